The Kier molecular flexibility index (Phi) is 4.03. The van der Waals surface area contributed by atoms with Crippen molar-refractivity contribution < 1.29 is 9.50 Å². The van der Waals surface area contributed by atoms with Crippen LogP contribution in [0.1, 0.15) is 16.7 Å². The van der Waals surface area contributed by atoms with E-state index in [1.54, 1.807) is 18.2 Å². The summed E-state index contributed by atoms with van der Waals surface area (Å²) in [5.74, 6) is -0.316. The van der Waals surface area contributed by atoms with Gasteiger partial charge in [0.2, 0.25) is 0 Å². The number of hydrogen-bond donors (Lipinski definition) is 1. The second-order valence-corrected chi connectivity index (χ2v) is 5.28. The summed E-state index contributed by atoms with van der Waals surface area (Å²) < 4.78 is 14.5. The highest BCUT2D eigenvalue weighted by Gasteiger charge is 2.37. The molecular formula is C20H17FO. The van der Waals surface area contributed by atoms with E-state index in [9.17, 15) is 9.50 Å². The standard InChI is InChI=1S/C20H17FO/c21-19-14-8-7-13-18(19)20(15-22,16-9-3-1-4-10-16)17-11-5-2-6-12-17/h1-14,22H,15H2. The zero-order chi connectivity index (χ0) is 15.4. The molecule has 0 bridgehead atoms. The lowest BCUT2D eigenvalue weighted by molar-refractivity contribution is 0.239. The summed E-state index contributed by atoms with van der Waals surface area (Å²) in [5.41, 5.74) is 1.31. The normalized spacial score (nSPS) is 11.4. The van der Waals surface area contributed by atoms with Gasteiger partial charge in [-0.25, -0.2) is 4.39 Å². The highest BCUT2D eigenvalue weighted by atomic mass is 19.1. The predicted octanol–water partition coefficient (Wildman–Crippen LogP) is 4.15. The van der Waals surface area contributed by atoms with Crippen LogP contribution >= 0.6 is 0 Å². The Bertz CT molecular complexity index is 698. The first-order valence-electron chi connectivity index (χ1n) is 7.26. The number of benzene rings is 3. The highest BCUT2D eigenvalue weighted by molar-refractivity contribution is 5.50. The number of halogens is 1. The second kappa shape index (κ2) is 6.12. The lowest BCUT2D eigenvalue weighted by Gasteiger charge is -2.34. The van der Waals surface area contributed by atoms with E-state index >= 15 is 0 Å². The van der Waals surface area contributed by atoms with Crippen molar-refractivity contribution in [3.8, 4) is 0 Å². The molecule has 3 aromatic carbocycles. The first-order valence-corrected chi connectivity index (χ1v) is 7.26. The Balaban J connectivity index is 2.34. The Morgan fingerprint density at radius 1 is 0.682 bits per heavy atom. The number of rotatable bonds is 4. The van der Waals surface area contributed by atoms with Crippen molar-refractivity contribution >= 4 is 0 Å². The molecule has 0 amide bonds. The Hall–Kier alpha value is -2.45. The van der Waals surface area contributed by atoms with E-state index in [0.29, 0.717) is 5.56 Å². The molecule has 3 rings (SSSR count). The van der Waals surface area contributed by atoms with Crippen LogP contribution in [-0.4, -0.2) is 11.7 Å². The second-order valence-electron chi connectivity index (χ2n) is 5.28. The first kappa shape index (κ1) is 14.5. The number of hydrogen-bond acceptors (Lipinski definition) is 1. The molecule has 22 heavy (non-hydrogen) atoms. The van der Waals surface area contributed by atoms with Gasteiger partial charge in [0, 0.05) is 5.56 Å². The molecular weight excluding hydrogens is 275 g/mol. The van der Waals surface area contributed by atoms with Crippen LogP contribution in [0.5, 0.6) is 0 Å². The maximum absolute atomic E-state index is 14.5. The third kappa shape index (κ3) is 2.32. The maximum Gasteiger partial charge on any atom is 0.127 e. The van der Waals surface area contributed by atoms with Crippen LogP contribution in [0.2, 0.25) is 0 Å². The Morgan fingerprint density at radius 3 is 1.59 bits per heavy atom. The SMILES string of the molecule is OCC(c1ccccc1)(c1ccccc1)c1ccccc1F. The summed E-state index contributed by atoms with van der Waals surface area (Å²) in [4.78, 5) is 0. The molecule has 0 aliphatic carbocycles. The van der Waals surface area contributed by atoms with Gasteiger partial charge < -0.3 is 5.11 Å². The van der Waals surface area contributed by atoms with Crippen LogP contribution in [0.25, 0.3) is 0 Å². The molecule has 0 fully saturated rings. The average molecular weight is 292 g/mol. The lowest BCUT2D eigenvalue weighted by atomic mass is 9.70. The Morgan fingerprint density at radius 2 is 1.14 bits per heavy atom. The van der Waals surface area contributed by atoms with Crippen LogP contribution in [0.4, 0.5) is 4.39 Å². The van der Waals surface area contributed by atoms with Crippen LogP contribution in [0.15, 0.2) is 84.9 Å². The van der Waals surface area contributed by atoms with Gasteiger partial charge in [-0.15, -0.1) is 0 Å². The average Bonchev–Trinajstić information content (AvgIpc) is 2.59. The van der Waals surface area contributed by atoms with E-state index in [0.717, 1.165) is 11.1 Å². The number of aliphatic hydroxyl groups is 1. The van der Waals surface area contributed by atoms with Crippen LogP contribution in [-0.2, 0) is 5.41 Å². The summed E-state index contributed by atoms with van der Waals surface area (Å²) in [5, 5.41) is 10.3. The topological polar surface area (TPSA) is 20.2 Å². The molecule has 0 saturated heterocycles. The maximum atomic E-state index is 14.5. The van der Waals surface area contributed by atoms with Crippen LogP contribution in [0.3, 0.4) is 0 Å². The fraction of sp³-hybridized carbons (Fsp3) is 0.100. The quantitative estimate of drug-likeness (QED) is 0.716. The molecule has 0 atom stereocenters. The minimum absolute atomic E-state index is 0.206. The Labute approximate surface area is 129 Å². The zero-order valence-corrected chi connectivity index (χ0v) is 12.1. The highest BCUT2D eigenvalue weighted by Crippen LogP contribution is 2.39. The van der Waals surface area contributed by atoms with Crippen molar-refractivity contribution in [2.75, 3.05) is 6.61 Å². The van der Waals surface area contributed by atoms with Gasteiger partial charge in [0.05, 0.1) is 12.0 Å². The fourth-order valence-corrected chi connectivity index (χ4v) is 3.00. The molecule has 0 aliphatic heterocycles. The fourth-order valence-electron chi connectivity index (χ4n) is 3.00. The minimum Gasteiger partial charge on any atom is -0.395 e. The lowest BCUT2D eigenvalue weighted by Crippen LogP contribution is -2.34. The van der Waals surface area contributed by atoms with E-state index in [4.69, 9.17) is 0 Å². The van der Waals surface area contributed by atoms with Gasteiger partial charge in [0.15, 0.2) is 0 Å². The van der Waals surface area contributed by atoms with E-state index in [-0.39, 0.29) is 12.4 Å². The summed E-state index contributed by atoms with van der Waals surface area (Å²) in [6.07, 6.45) is 0. The summed E-state index contributed by atoms with van der Waals surface area (Å²) in [6.45, 7) is -0.206. The van der Waals surface area contributed by atoms with Gasteiger partial charge in [-0.05, 0) is 17.2 Å². The molecule has 1 N–H and O–H groups in total. The van der Waals surface area contributed by atoms with E-state index in [1.807, 2.05) is 60.7 Å². The van der Waals surface area contributed by atoms with Crippen LogP contribution in [0, 0.1) is 5.82 Å². The summed E-state index contributed by atoms with van der Waals surface area (Å²) >= 11 is 0. The minimum atomic E-state index is -0.909. The third-order valence-corrected chi connectivity index (χ3v) is 4.10. The van der Waals surface area contributed by atoms with Crippen molar-refractivity contribution in [1.82, 2.24) is 0 Å². The van der Waals surface area contributed by atoms with Gasteiger partial charge >= 0.3 is 0 Å². The van der Waals surface area contributed by atoms with Crippen molar-refractivity contribution in [1.29, 1.82) is 0 Å². The molecule has 0 aliphatic rings. The van der Waals surface area contributed by atoms with Crippen molar-refractivity contribution in [2.24, 2.45) is 0 Å². The molecule has 0 spiro atoms. The first-order chi connectivity index (χ1) is 10.8. The number of aliphatic hydroxyl groups excluding tert-OH is 1. The van der Waals surface area contributed by atoms with Gasteiger partial charge in [0.25, 0.3) is 0 Å². The predicted molar refractivity (Wildman–Crippen MR) is 86.3 cm³/mol. The molecule has 2 heteroatoms. The zero-order valence-electron chi connectivity index (χ0n) is 12.1. The van der Waals surface area contributed by atoms with Crippen molar-refractivity contribution in [3.63, 3.8) is 0 Å². The van der Waals surface area contributed by atoms with Gasteiger partial charge in [-0.2, -0.15) is 0 Å². The molecule has 0 radical (unpaired) electrons. The smallest absolute Gasteiger partial charge is 0.127 e. The molecule has 0 unspecified atom stereocenters. The summed E-state index contributed by atoms with van der Waals surface area (Å²) in [7, 11) is 0. The molecule has 3 aromatic rings. The van der Waals surface area contributed by atoms with Gasteiger partial charge in [-0.1, -0.05) is 78.9 Å². The summed E-state index contributed by atoms with van der Waals surface area (Å²) in [6, 6.07) is 25.8. The largest absolute Gasteiger partial charge is 0.395 e. The van der Waals surface area contributed by atoms with Gasteiger partial charge in [0.1, 0.15) is 5.82 Å². The van der Waals surface area contributed by atoms with Crippen LogP contribution < -0.4 is 0 Å². The molecule has 0 aromatic heterocycles. The molecule has 0 heterocycles. The molecule has 1 nitrogen and oxygen atoms in total. The molecule has 0 saturated carbocycles. The van der Waals surface area contributed by atoms with Crippen molar-refractivity contribution in [2.45, 2.75) is 5.41 Å². The van der Waals surface area contributed by atoms with E-state index in [2.05, 4.69) is 0 Å². The van der Waals surface area contributed by atoms with Gasteiger partial charge in [-0.3, -0.25) is 0 Å². The third-order valence-electron chi connectivity index (χ3n) is 4.10. The van der Waals surface area contributed by atoms with E-state index < -0.39 is 5.41 Å². The van der Waals surface area contributed by atoms with E-state index in [1.165, 1.54) is 6.07 Å². The monoisotopic (exact) mass is 292 g/mol. The molecule has 110 valence electrons. The van der Waals surface area contributed by atoms with Crippen molar-refractivity contribution in [3.05, 3.63) is 107 Å².